The molecule has 0 aliphatic heterocycles. The smallest absolute Gasteiger partial charge is 0.302 e. The molecular formula is C9H17O3. The van der Waals surface area contributed by atoms with Gasteiger partial charge in [0, 0.05) is 6.92 Å². The van der Waals surface area contributed by atoms with E-state index in [1.807, 2.05) is 0 Å². The highest BCUT2D eigenvalue weighted by atomic mass is 16.5. The summed E-state index contributed by atoms with van der Waals surface area (Å²) in [7, 11) is 0. The maximum Gasteiger partial charge on any atom is 0.302 e. The Morgan fingerprint density at radius 3 is 2.25 bits per heavy atom. The van der Waals surface area contributed by atoms with Crippen molar-refractivity contribution in [2.24, 2.45) is 0 Å². The van der Waals surface area contributed by atoms with Gasteiger partial charge in [-0.25, -0.2) is 5.11 Å². The van der Waals surface area contributed by atoms with Crippen LogP contribution in [-0.2, 0) is 14.6 Å². The molecule has 0 aliphatic carbocycles. The second kappa shape index (κ2) is 8.53. The molecule has 0 spiro atoms. The molecule has 0 aliphatic rings. The zero-order valence-corrected chi connectivity index (χ0v) is 7.67. The second-order valence-electron chi connectivity index (χ2n) is 2.81. The third kappa shape index (κ3) is 9.43. The highest BCUT2D eigenvalue weighted by Gasteiger charge is 1.93. The van der Waals surface area contributed by atoms with Crippen LogP contribution in [0.1, 0.15) is 39.0 Å². The minimum atomic E-state index is -0.213. The van der Waals surface area contributed by atoms with Crippen molar-refractivity contribution in [2.75, 3.05) is 13.2 Å². The van der Waals surface area contributed by atoms with Crippen LogP contribution in [-0.4, -0.2) is 19.2 Å². The van der Waals surface area contributed by atoms with Crippen LogP contribution < -0.4 is 0 Å². The first-order valence-electron chi connectivity index (χ1n) is 4.49. The van der Waals surface area contributed by atoms with E-state index in [1.54, 1.807) is 0 Å². The maximum absolute atomic E-state index is 10.3. The minimum absolute atomic E-state index is 0.0317. The van der Waals surface area contributed by atoms with Crippen molar-refractivity contribution >= 4 is 5.97 Å². The van der Waals surface area contributed by atoms with E-state index in [1.165, 1.54) is 6.92 Å². The number of carbonyl (C=O) groups is 1. The molecule has 3 nitrogen and oxygen atoms in total. The van der Waals surface area contributed by atoms with Crippen molar-refractivity contribution in [1.29, 1.82) is 0 Å². The Hall–Kier alpha value is -0.570. The van der Waals surface area contributed by atoms with Gasteiger partial charge >= 0.3 is 5.97 Å². The average Bonchev–Trinajstić information content (AvgIpc) is 2.02. The van der Waals surface area contributed by atoms with E-state index in [0.717, 1.165) is 32.1 Å². The summed E-state index contributed by atoms with van der Waals surface area (Å²) in [4.78, 5) is 10.3. The predicted octanol–water partition coefficient (Wildman–Crippen LogP) is 1.93. The summed E-state index contributed by atoms with van der Waals surface area (Å²) in [6, 6.07) is 0. The van der Waals surface area contributed by atoms with Gasteiger partial charge in [0.25, 0.3) is 0 Å². The van der Waals surface area contributed by atoms with Gasteiger partial charge < -0.3 is 4.74 Å². The van der Waals surface area contributed by atoms with Gasteiger partial charge in [-0.2, -0.15) is 0 Å². The summed E-state index contributed by atoms with van der Waals surface area (Å²) < 4.78 is 4.75. The number of unbranched alkanes of at least 4 members (excludes halogenated alkanes) is 4. The van der Waals surface area contributed by atoms with E-state index in [0.29, 0.717) is 6.61 Å². The van der Waals surface area contributed by atoms with Gasteiger partial charge in [-0.3, -0.25) is 4.79 Å². The van der Waals surface area contributed by atoms with Crippen LogP contribution in [0.3, 0.4) is 0 Å². The summed E-state index contributed by atoms with van der Waals surface area (Å²) in [5, 5.41) is 10.0. The van der Waals surface area contributed by atoms with E-state index in [2.05, 4.69) is 0 Å². The molecular weight excluding hydrogens is 156 g/mol. The molecule has 3 heteroatoms. The van der Waals surface area contributed by atoms with Crippen LogP contribution in [0.5, 0.6) is 0 Å². The molecule has 0 bridgehead atoms. The fourth-order valence-corrected chi connectivity index (χ4v) is 0.950. The molecule has 0 aromatic rings. The van der Waals surface area contributed by atoms with E-state index < -0.39 is 0 Å². The molecule has 0 atom stereocenters. The number of carbonyl (C=O) groups excluding carboxylic acids is 1. The van der Waals surface area contributed by atoms with Crippen LogP contribution in [0.25, 0.3) is 0 Å². The highest BCUT2D eigenvalue weighted by Crippen LogP contribution is 2.02. The molecule has 0 unspecified atom stereocenters. The first kappa shape index (κ1) is 11.4. The average molecular weight is 173 g/mol. The molecule has 0 rings (SSSR count). The Morgan fingerprint density at radius 1 is 1.08 bits per heavy atom. The Labute approximate surface area is 73.7 Å². The quantitative estimate of drug-likeness (QED) is 0.436. The Morgan fingerprint density at radius 2 is 1.67 bits per heavy atom. The molecule has 12 heavy (non-hydrogen) atoms. The first-order chi connectivity index (χ1) is 5.77. The highest BCUT2D eigenvalue weighted by molar-refractivity contribution is 5.65. The molecule has 1 radical (unpaired) electrons. The summed E-state index contributed by atoms with van der Waals surface area (Å²) in [6.07, 6.45) is 4.81. The van der Waals surface area contributed by atoms with E-state index >= 15 is 0 Å². The molecule has 0 fully saturated rings. The molecule has 0 saturated carbocycles. The predicted molar refractivity (Wildman–Crippen MR) is 45.3 cm³/mol. The van der Waals surface area contributed by atoms with E-state index in [9.17, 15) is 9.90 Å². The lowest BCUT2D eigenvalue weighted by molar-refractivity contribution is -0.141. The fraction of sp³-hybridized carbons (Fsp3) is 0.889. The molecule has 0 aromatic heterocycles. The van der Waals surface area contributed by atoms with Gasteiger partial charge in [-0.15, -0.1) is 0 Å². The van der Waals surface area contributed by atoms with E-state index in [-0.39, 0.29) is 12.6 Å². The lowest BCUT2D eigenvalue weighted by atomic mass is 10.1. The van der Waals surface area contributed by atoms with Crippen LogP contribution in [0.15, 0.2) is 0 Å². The molecule has 0 N–H and O–H groups in total. The summed E-state index contributed by atoms with van der Waals surface area (Å²) in [6.45, 7) is 1.97. The summed E-state index contributed by atoms with van der Waals surface area (Å²) in [5.41, 5.74) is 0. The van der Waals surface area contributed by atoms with Gasteiger partial charge in [0.2, 0.25) is 0 Å². The van der Waals surface area contributed by atoms with E-state index in [4.69, 9.17) is 4.74 Å². The zero-order chi connectivity index (χ0) is 9.23. The number of hydrogen-bond donors (Lipinski definition) is 0. The van der Waals surface area contributed by atoms with Gasteiger partial charge in [0.15, 0.2) is 0 Å². The van der Waals surface area contributed by atoms with Gasteiger partial charge in [0.05, 0.1) is 13.2 Å². The minimum Gasteiger partial charge on any atom is -0.466 e. The number of hydrogen-bond acceptors (Lipinski definition) is 2. The molecule has 71 valence electrons. The topological polar surface area (TPSA) is 46.2 Å². The second-order valence-corrected chi connectivity index (χ2v) is 2.81. The SMILES string of the molecule is CC(=O)OCCCCCCC[O]. The van der Waals surface area contributed by atoms with Gasteiger partial charge in [-0.1, -0.05) is 19.3 Å². The van der Waals surface area contributed by atoms with Gasteiger partial charge in [-0.05, 0) is 12.8 Å². The van der Waals surface area contributed by atoms with Crippen molar-refractivity contribution in [2.45, 2.75) is 39.0 Å². The normalized spacial score (nSPS) is 9.83. The first-order valence-corrected chi connectivity index (χ1v) is 4.49. The van der Waals surface area contributed by atoms with Crippen molar-refractivity contribution in [3.05, 3.63) is 0 Å². The van der Waals surface area contributed by atoms with Crippen LogP contribution in [0, 0.1) is 0 Å². The van der Waals surface area contributed by atoms with Crippen LogP contribution in [0.4, 0.5) is 0 Å². The molecule has 0 aromatic carbocycles. The fourth-order valence-electron chi connectivity index (χ4n) is 0.950. The molecule has 0 amide bonds. The van der Waals surface area contributed by atoms with Crippen LogP contribution >= 0.6 is 0 Å². The van der Waals surface area contributed by atoms with Crippen molar-refractivity contribution in [1.82, 2.24) is 0 Å². The monoisotopic (exact) mass is 173 g/mol. The number of rotatable bonds is 7. The van der Waals surface area contributed by atoms with Crippen molar-refractivity contribution in [3.8, 4) is 0 Å². The van der Waals surface area contributed by atoms with Crippen LogP contribution in [0.2, 0.25) is 0 Å². The third-order valence-electron chi connectivity index (χ3n) is 1.59. The molecule has 0 heterocycles. The largest absolute Gasteiger partial charge is 0.466 e. The molecule has 0 saturated heterocycles. The maximum atomic E-state index is 10.3. The number of esters is 1. The summed E-state index contributed by atoms with van der Waals surface area (Å²) >= 11 is 0. The Bertz CT molecular complexity index is 112. The standard InChI is InChI=1S/C9H17O3/c1-9(11)12-8-6-4-2-3-5-7-10/h2-8H2,1H3. The van der Waals surface area contributed by atoms with Crippen molar-refractivity contribution < 1.29 is 14.6 Å². The summed E-state index contributed by atoms with van der Waals surface area (Å²) in [5.74, 6) is -0.213. The van der Waals surface area contributed by atoms with Crippen molar-refractivity contribution in [3.63, 3.8) is 0 Å². The van der Waals surface area contributed by atoms with Gasteiger partial charge in [0.1, 0.15) is 0 Å². The lowest BCUT2D eigenvalue weighted by Crippen LogP contribution is -2.00. The third-order valence-corrected chi connectivity index (χ3v) is 1.59. The Balaban J connectivity index is 2.86. The number of ether oxygens (including phenoxy) is 1. The lowest BCUT2D eigenvalue weighted by Gasteiger charge is -2.00. The Kier molecular flexibility index (Phi) is 8.12. The zero-order valence-electron chi connectivity index (χ0n) is 7.67.